The van der Waals surface area contributed by atoms with Crippen LogP contribution in [0.15, 0.2) is 30.6 Å². The first kappa shape index (κ1) is 11.0. The lowest BCUT2D eigenvalue weighted by Gasteiger charge is -2.09. The first-order chi connectivity index (χ1) is 7.66. The van der Waals surface area contributed by atoms with E-state index in [0.717, 1.165) is 28.4 Å². The molecular weight excluding hydrogens is 222 g/mol. The number of nitrogens with one attached hydrogen (secondary N) is 1. The molecule has 0 saturated heterocycles. The zero-order valence-electron chi connectivity index (χ0n) is 9.37. The second-order valence-corrected chi connectivity index (χ2v) is 4.20. The maximum Gasteiger partial charge on any atom is 0.0539 e. The average molecular weight is 236 g/mol. The summed E-state index contributed by atoms with van der Waals surface area (Å²) in [7, 11) is 1.91. The summed E-state index contributed by atoms with van der Waals surface area (Å²) in [5.74, 6) is 0. The Labute approximate surface area is 100 Å². The fourth-order valence-corrected chi connectivity index (χ4v) is 1.73. The number of aryl methyl sites for hydroxylation is 1. The van der Waals surface area contributed by atoms with E-state index in [-0.39, 0.29) is 0 Å². The Morgan fingerprint density at radius 3 is 2.94 bits per heavy atom. The van der Waals surface area contributed by atoms with Crippen molar-refractivity contribution >= 4 is 17.3 Å². The van der Waals surface area contributed by atoms with E-state index in [2.05, 4.69) is 10.4 Å². The number of hydrogen-bond acceptors (Lipinski definition) is 2. The zero-order valence-corrected chi connectivity index (χ0v) is 10.1. The van der Waals surface area contributed by atoms with E-state index in [1.54, 1.807) is 4.68 Å². The summed E-state index contributed by atoms with van der Waals surface area (Å²) in [5.41, 5.74) is 3.30. The van der Waals surface area contributed by atoms with Gasteiger partial charge in [0.25, 0.3) is 0 Å². The predicted molar refractivity (Wildman–Crippen MR) is 66.7 cm³/mol. The zero-order chi connectivity index (χ0) is 11.5. The highest BCUT2D eigenvalue weighted by molar-refractivity contribution is 6.31. The molecular formula is C12H14ClN3. The molecule has 0 radical (unpaired) electrons. The van der Waals surface area contributed by atoms with Gasteiger partial charge in [-0.05, 0) is 24.6 Å². The van der Waals surface area contributed by atoms with Crippen LogP contribution in [0.5, 0.6) is 0 Å². The Kier molecular flexibility index (Phi) is 3.15. The van der Waals surface area contributed by atoms with Gasteiger partial charge >= 0.3 is 0 Å². The maximum atomic E-state index is 6.04. The Bertz CT molecular complexity index is 491. The fraction of sp³-hybridized carbons (Fsp3) is 0.250. The smallest absolute Gasteiger partial charge is 0.0539 e. The Balaban J connectivity index is 2.07. The molecule has 1 N–H and O–H groups in total. The molecule has 2 aromatic rings. The highest BCUT2D eigenvalue weighted by Gasteiger charge is 2.02. The van der Waals surface area contributed by atoms with Gasteiger partial charge in [0, 0.05) is 36.1 Å². The minimum atomic E-state index is 0.759. The minimum absolute atomic E-state index is 0.759. The summed E-state index contributed by atoms with van der Waals surface area (Å²) in [4.78, 5) is 0. The topological polar surface area (TPSA) is 29.9 Å². The van der Waals surface area contributed by atoms with Crippen molar-refractivity contribution in [1.82, 2.24) is 9.78 Å². The van der Waals surface area contributed by atoms with Crippen LogP contribution in [0.25, 0.3) is 0 Å². The molecule has 0 atom stereocenters. The van der Waals surface area contributed by atoms with Crippen LogP contribution in [-0.4, -0.2) is 9.78 Å². The van der Waals surface area contributed by atoms with Crippen LogP contribution in [0.2, 0.25) is 5.02 Å². The molecule has 0 aliphatic carbocycles. The van der Waals surface area contributed by atoms with Gasteiger partial charge < -0.3 is 5.32 Å². The monoisotopic (exact) mass is 235 g/mol. The van der Waals surface area contributed by atoms with Crippen molar-refractivity contribution in [2.75, 3.05) is 5.32 Å². The number of benzene rings is 1. The number of rotatable bonds is 3. The van der Waals surface area contributed by atoms with Gasteiger partial charge in [0.1, 0.15) is 0 Å². The van der Waals surface area contributed by atoms with E-state index in [0.29, 0.717) is 0 Å². The number of nitrogens with zero attached hydrogens (tertiary/aromatic N) is 2. The summed E-state index contributed by atoms with van der Waals surface area (Å²) < 4.78 is 1.79. The van der Waals surface area contributed by atoms with Crippen molar-refractivity contribution in [1.29, 1.82) is 0 Å². The van der Waals surface area contributed by atoms with E-state index in [1.165, 1.54) is 0 Å². The van der Waals surface area contributed by atoms with Crippen molar-refractivity contribution in [3.05, 3.63) is 46.7 Å². The lowest BCUT2D eigenvalue weighted by atomic mass is 10.2. The van der Waals surface area contributed by atoms with Gasteiger partial charge in [0.2, 0.25) is 0 Å². The molecule has 0 saturated carbocycles. The highest BCUT2D eigenvalue weighted by atomic mass is 35.5. The summed E-state index contributed by atoms with van der Waals surface area (Å²) in [6.07, 6.45) is 3.85. The molecule has 0 aliphatic rings. The van der Waals surface area contributed by atoms with Gasteiger partial charge in [0.05, 0.1) is 6.20 Å². The lowest BCUT2D eigenvalue weighted by molar-refractivity contribution is 0.767. The number of hydrogen-bond donors (Lipinski definition) is 1. The summed E-state index contributed by atoms with van der Waals surface area (Å²) in [6.45, 7) is 2.77. The Hall–Kier alpha value is -1.48. The van der Waals surface area contributed by atoms with Crippen LogP contribution in [0.1, 0.15) is 11.1 Å². The molecule has 0 aliphatic heterocycles. The third-order valence-electron chi connectivity index (χ3n) is 2.51. The van der Waals surface area contributed by atoms with Crippen LogP contribution in [0, 0.1) is 6.92 Å². The summed E-state index contributed by atoms with van der Waals surface area (Å²) in [6, 6.07) is 5.87. The van der Waals surface area contributed by atoms with Gasteiger partial charge in [-0.2, -0.15) is 5.10 Å². The standard InChI is InChI=1S/C12H14ClN3/c1-9-11(13)4-3-5-12(9)14-6-10-7-15-16(2)8-10/h3-5,7-8,14H,6H2,1-2H3. The van der Waals surface area contributed by atoms with Crippen LogP contribution in [0.3, 0.4) is 0 Å². The number of aromatic nitrogens is 2. The second-order valence-electron chi connectivity index (χ2n) is 3.79. The first-order valence-electron chi connectivity index (χ1n) is 5.13. The maximum absolute atomic E-state index is 6.04. The highest BCUT2D eigenvalue weighted by Crippen LogP contribution is 2.23. The molecule has 1 aromatic carbocycles. The largest absolute Gasteiger partial charge is 0.381 e. The molecule has 0 amide bonds. The summed E-state index contributed by atoms with van der Waals surface area (Å²) >= 11 is 6.04. The van der Waals surface area contributed by atoms with E-state index >= 15 is 0 Å². The third-order valence-corrected chi connectivity index (χ3v) is 2.92. The van der Waals surface area contributed by atoms with Gasteiger partial charge in [-0.25, -0.2) is 0 Å². The summed E-state index contributed by atoms with van der Waals surface area (Å²) in [5, 5.41) is 8.25. The van der Waals surface area contributed by atoms with Crippen molar-refractivity contribution in [2.45, 2.75) is 13.5 Å². The predicted octanol–water partition coefficient (Wildman–Crippen LogP) is 2.99. The molecule has 84 valence electrons. The van der Waals surface area contributed by atoms with E-state index < -0.39 is 0 Å². The van der Waals surface area contributed by atoms with Gasteiger partial charge in [-0.1, -0.05) is 17.7 Å². The van der Waals surface area contributed by atoms with E-state index in [9.17, 15) is 0 Å². The van der Waals surface area contributed by atoms with E-state index in [4.69, 9.17) is 11.6 Å². The van der Waals surface area contributed by atoms with Crippen molar-refractivity contribution in [3.8, 4) is 0 Å². The minimum Gasteiger partial charge on any atom is -0.381 e. The number of anilines is 1. The SMILES string of the molecule is Cc1c(Cl)cccc1NCc1cnn(C)c1. The molecule has 0 bridgehead atoms. The van der Waals surface area contributed by atoms with Crippen molar-refractivity contribution in [2.24, 2.45) is 7.05 Å². The van der Waals surface area contributed by atoms with Gasteiger partial charge in [-0.3, -0.25) is 4.68 Å². The normalized spacial score (nSPS) is 10.4. The van der Waals surface area contributed by atoms with Gasteiger partial charge in [-0.15, -0.1) is 0 Å². The molecule has 0 unspecified atom stereocenters. The number of halogens is 1. The van der Waals surface area contributed by atoms with Crippen LogP contribution in [0.4, 0.5) is 5.69 Å². The van der Waals surface area contributed by atoms with Gasteiger partial charge in [0.15, 0.2) is 0 Å². The van der Waals surface area contributed by atoms with Crippen LogP contribution in [-0.2, 0) is 13.6 Å². The third kappa shape index (κ3) is 2.36. The molecule has 0 fully saturated rings. The first-order valence-corrected chi connectivity index (χ1v) is 5.51. The van der Waals surface area contributed by atoms with Crippen molar-refractivity contribution < 1.29 is 0 Å². The molecule has 2 rings (SSSR count). The van der Waals surface area contributed by atoms with Crippen LogP contribution < -0.4 is 5.32 Å². The molecule has 4 heteroatoms. The molecule has 3 nitrogen and oxygen atoms in total. The molecule has 1 aromatic heterocycles. The van der Waals surface area contributed by atoms with E-state index in [1.807, 2.05) is 44.6 Å². The molecule has 0 spiro atoms. The second kappa shape index (κ2) is 4.58. The van der Waals surface area contributed by atoms with Crippen LogP contribution >= 0.6 is 11.6 Å². The Morgan fingerprint density at radius 1 is 1.44 bits per heavy atom. The van der Waals surface area contributed by atoms with Crippen molar-refractivity contribution in [3.63, 3.8) is 0 Å². The fourth-order valence-electron chi connectivity index (χ4n) is 1.56. The molecule has 1 heterocycles. The Morgan fingerprint density at radius 2 is 2.25 bits per heavy atom. The lowest BCUT2D eigenvalue weighted by Crippen LogP contribution is -2.00. The molecule has 16 heavy (non-hydrogen) atoms. The quantitative estimate of drug-likeness (QED) is 0.887. The average Bonchev–Trinajstić information content (AvgIpc) is 2.67.